The number of anilines is 1. The molecule has 0 saturated heterocycles. The van der Waals surface area contributed by atoms with Crippen LogP contribution in [0.2, 0.25) is 0 Å². The zero-order valence-corrected chi connectivity index (χ0v) is 14.2. The number of amides is 2. The van der Waals surface area contributed by atoms with Crippen molar-refractivity contribution in [3.8, 4) is 0 Å². The van der Waals surface area contributed by atoms with E-state index in [1.807, 2.05) is 44.2 Å². The number of fused-ring (bicyclic) bond motifs is 1. The van der Waals surface area contributed by atoms with Gasteiger partial charge in [0.05, 0.1) is 5.52 Å². The van der Waals surface area contributed by atoms with E-state index in [-0.39, 0.29) is 23.3 Å². The number of benzene rings is 1. The van der Waals surface area contributed by atoms with Gasteiger partial charge in [-0.2, -0.15) is 0 Å². The molecule has 0 unspecified atom stereocenters. The van der Waals surface area contributed by atoms with Gasteiger partial charge in [0.25, 0.3) is 11.8 Å². The van der Waals surface area contributed by atoms with Crippen molar-refractivity contribution >= 4 is 23.0 Å². The fraction of sp³-hybridized carbons (Fsp3) is 0.211. The van der Waals surface area contributed by atoms with E-state index in [0.717, 1.165) is 12.0 Å². The van der Waals surface area contributed by atoms with Crippen LogP contribution in [-0.2, 0) is 0 Å². The molecule has 1 aromatic carbocycles. The average Bonchev–Trinajstić information content (AvgIpc) is 2.99. The predicted octanol–water partition coefficient (Wildman–Crippen LogP) is 3.03. The van der Waals surface area contributed by atoms with E-state index in [4.69, 9.17) is 0 Å². The molecule has 0 aliphatic heterocycles. The minimum absolute atomic E-state index is 0.207. The number of hydrogen-bond acceptors (Lipinski definition) is 3. The molecule has 2 amide bonds. The maximum Gasteiger partial charge on any atom is 0.287 e. The number of carbonyl (C=O) groups is 2. The molecule has 6 nitrogen and oxygen atoms in total. The van der Waals surface area contributed by atoms with Crippen molar-refractivity contribution in [1.29, 1.82) is 0 Å². The Morgan fingerprint density at radius 3 is 2.72 bits per heavy atom. The van der Waals surface area contributed by atoms with E-state index >= 15 is 0 Å². The number of aryl methyl sites for hydroxylation is 1. The summed E-state index contributed by atoms with van der Waals surface area (Å²) < 4.78 is 1.64. The lowest BCUT2D eigenvalue weighted by Crippen LogP contribution is -2.26. The molecule has 128 valence electrons. The van der Waals surface area contributed by atoms with Crippen molar-refractivity contribution < 1.29 is 9.59 Å². The first kappa shape index (κ1) is 16.7. The van der Waals surface area contributed by atoms with Crippen LogP contribution in [0.15, 0.2) is 48.7 Å². The first-order chi connectivity index (χ1) is 12.1. The molecule has 0 bridgehead atoms. The van der Waals surface area contributed by atoms with Crippen LogP contribution in [0.3, 0.4) is 0 Å². The third-order valence-corrected chi connectivity index (χ3v) is 3.78. The Morgan fingerprint density at radius 1 is 1.12 bits per heavy atom. The van der Waals surface area contributed by atoms with Gasteiger partial charge in [0, 0.05) is 18.4 Å². The van der Waals surface area contributed by atoms with Crippen LogP contribution in [-0.4, -0.2) is 27.7 Å². The van der Waals surface area contributed by atoms with Gasteiger partial charge in [-0.1, -0.05) is 25.1 Å². The van der Waals surface area contributed by atoms with Gasteiger partial charge in [0.15, 0.2) is 5.69 Å². The minimum atomic E-state index is -0.344. The average molecular weight is 336 g/mol. The van der Waals surface area contributed by atoms with Gasteiger partial charge in [0.1, 0.15) is 0 Å². The fourth-order valence-electron chi connectivity index (χ4n) is 2.60. The van der Waals surface area contributed by atoms with E-state index in [1.54, 1.807) is 22.7 Å². The van der Waals surface area contributed by atoms with Crippen LogP contribution in [0.4, 0.5) is 5.69 Å². The molecule has 0 aliphatic carbocycles. The molecule has 0 fully saturated rings. The molecule has 6 heteroatoms. The molecule has 0 atom stereocenters. The molecule has 2 N–H and O–H groups in total. The highest BCUT2D eigenvalue weighted by Crippen LogP contribution is 2.16. The number of nitrogens with one attached hydrogen (secondary N) is 2. The highest BCUT2D eigenvalue weighted by Gasteiger charge is 2.21. The molecule has 2 heterocycles. The molecule has 3 rings (SSSR count). The molecular weight excluding hydrogens is 316 g/mol. The molecule has 2 aromatic heterocycles. The SMILES string of the molecule is CCCNC(=O)c1nc(C(=O)Nc2cccc(C)c2)c2ccccn12. The molecule has 0 radical (unpaired) electrons. The second-order valence-corrected chi connectivity index (χ2v) is 5.82. The van der Waals surface area contributed by atoms with Gasteiger partial charge in [-0.3, -0.25) is 14.0 Å². The van der Waals surface area contributed by atoms with Crippen molar-refractivity contribution in [3.63, 3.8) is 0 Å². The van der Waals surface area contributed by atoms with Crippen LogP contribution in [0.1, 0.15) is 40.0 Å². The normalized spacial score (nSPS) is 10.6. The Bertz CT molecular complexity index is 930. The highest BCUT2D eigenvalue weighted by molar-refractivity contribution is 6.08. The van der Waals surface area contributed by atoms with Gasteiger partial charge >= 0.3 is 0 Å². The van der Waals surface area contributed by atoms with Crippen LogP contribution >= 0.6 is 0 Å². The van der Waals surface area contributed by atoms with Gasteiger partial charge in [-0.25, -0.2) is 4.98 Å². The molecule has 0 saturated carbocycles. The van der Waals surface area contributed by atoms with E-state index in [1.165, 1.54) is 0 Å². The zero-order chi connectivity index (χ0) is 17.8. The standard InChI is InChI=1S/C19H20N4O2/c1-3-10-20-19(25)17-22-16(15-9-4-5-11-23(15)17)18(24)21-14-8-6-7-13(2)12-14/h4-9,11-12H,3,10H2,1-2H3,(H,20,25)(H,21,24). The first-order valence-corrected chi connectivity index (χ1v) is 8.23. The predicted molar refractivity (Wildman–Crippen MR) is 96.9 cm³/mol. The van der Waals surface area contributed by atoms with Gasteiger partial charge in [0.2, 0.25) is 5.82 Å². The van der Waals surface area contributed by atoms with E-state index in [2.05, 4.69) is 15.6 Å². The lowest BCUT2D eigenvalue weighted by Gasteiger charge is -2.04. The third kappa shape index (κ3) is 3.52. The number of nitrogens with zero attached hydrogens (tertiary/aromatic N) is 2. The fourth-order valence-corrected chi connectivity index (χ4v) is 2.60. The summed E-state index contributed by atoms with van der Waals surface area (Å²) in [6.07, 6.45) is 2.56. The summed E-state index contributed by atoms with van der Waals surface area (Å²) in [5, 5.41) is 5.64. The molecule has 25 heavy (non-hydrogen) atoms. The lowest BCUT2D eigenvalue weighted by molar-refractivity contribution is 0.0942. The van der Waals surface area contributed by atoms with Gasteiger partial charge in [-0.05, 0) is 43.2 Å². The Morgan fingerprint density at radius 2 is 1.96 bits per heavy atom. The Labute approximate surface area is 145 Å². The van der Waals surface area contributed by atoms with Crippen LogP contribution in [0.25, 0.3) is 5.52 Å². The Hall–Kier alpha value is -3.15. The quantitative estimate of drug-likeness (QED) is 0.752. The van der Waals surface area contributed by atoms with Crippen molar-refractivity contribution in [2.45, 2.75) is 20.3 Å². The van der Waals surface area contributed by atoms with E-state index in [9.17, 15) is 9.59 Å². The summed E-state index contributed by atoms with van der Waals surface area (Å²) in [5.74, 6) is -0.431. The largest absolute Gasteiger partial charge is 0.349 e. The monoisotopic (exact) mass is 336 g/mol. The second kappa shape index (κ2) is 7.17. The molecule has 3 aromatic rings. The molecular formula is C19H20N4O2. The van der Waals surface area contributed by atoms with Gasteiger partial charge in [-0.15, -0.1) is 0 Å². The first-order valence-electron chi connectivity index (χ1n) is 8.23. The summed E-state index contributed by atoms with van der Waals surface area (Å²) in [6.45, 7) is 4.49. The summed E-state index contributed by atoms with van der Waals surface area (Å²) in [4.78, 5) is 29.3. The van der Waals surface area contributed by atoms with E-state index < -0.39 is 0 Å². The van der Waals surface area contributed by atoms with Crippen molar-refractivity contribution in [2.24, 2.45) is 0 Å². The second-order valence-electron chi connectivity index (χ2n) is 5.82. The van der Waals surface area contributed by atoms with Crippen molar-refractivity contribution in [2.75, 3.05) is 11.9 Å². The summed E-state index contributed by atoms with van der Waals surface area (Å²) in [7, 11) is 0. The van der Waals surface area contributed by atoms with Crippen molar-refractivity contribution in [1.82, 2.24) is 14.7 Å². The Kier molecular flexibility index (Phi) is 4.79. The number of imidazole rings is 1. The maximum atomic E-state index is 12.7. The Balaban J connectivity index is 1.96. The summed E-state index contributed by atoms with van der Waals surface area (Å²) >= 11 is 0. The molecule has 0 aliphatic rings. The summed E-state index contributed by atoms with van der Waals surface area (Å²) in [6, 6.07) is 12.9. The number of rotatable bonds is 5. The maximum absolute atomic E-state index is 12.7. The minimum Gasteiger partial charge on any atom is -0.349 e. The van der Waals surface area contributed by atoms with Crippen molar-refractivity contribution in [3.05, 3.63) is 65.7 Å². The number of carbonyl (C=O) groups excluding carboxylic acids is 2. The smallest absolute Gasteiger partial charge is 0.287 e. The highest BCUT2D eigenvalue weighted by atomic mass is 16.2. The third-order valence-electron chi connectivity index (χ3n) is 3.78. The topological polar surface area (TPSA) is 75.5 Å². The van der Waals surface area contributed by atoms with Crippen LogP contribution in [0, 0.1) is 6.92 Å². The van der Waals surface area contributed by atoms with Crippen LogP contribution in [0.5, 0.6) is 0 Å². The van der Waals surface area contributed by atoms with Gasteiger partial charge < -0.3 is 10.6 Å². The lowest BCUT2D eigenvalue weighted by atomic mass is 10.2. The molecule has 0 spiro atoms. The van der Waals surface area contributed by atoms with E-state index in [0.29, 0.717) is 17.7 Å². The zero-order valence-electron chi connectivity index (χ0n) is 14.2. The number of aromatic nitrogens is 2. The van der Waals surface area contributed by atoms with Crippen LogP contribution < -0.4 is 10.6 Å². The number of pyridine rings is 1. The summed E-state index contributed by atoms with van der Waals surface area (Å²) in [5.41, 5.74) is 2.56. The number of hydrogen-bond donors (Lipinski definition) is 2.